The molecule has 4 aromatic rings. The second kappa shape index (κ2) is 19.2. The van der Waals surface area contributed by atoms with Crippen LogP contribution in [0.15, 0.2) is 72.8 Å². The molecule has 2 aromatic carbocycles. The summed E-state index contributed by atoms with van der Waals surface area (Å²) in [6, 6.07) is 25.7. The van der Waals surface area contributed by atoms with Crippen molar-refractivity contribution in [3.8, 4) is 0 Å². The summed E-state index contributed by atoms with van der Waals surface area (Å²) in [6.07, 6.45) is 4.16. The van der Waals surface area contributed by atoms with Crippen LogP contribution in [0.2, 0.25) is 0 Å². The van der Waals surface area contributed by atoms with E-state index in [1.54, 1.807) is 0 Å². The molecule has 0 bridgehead atoms. The molecule has 0 saturated heterocycles. The summed E-state index contributed by atoms with van der Waals surface area (Å²) in [4.78, 5) is 12.3. The Balaban J connectivity index is 0.00000195. The van der Waals surface area contributed by atoms with E-state index in [0.29, 0.717) is 6.04 Å². The van der Waals surface area contributed by atoms with Crippen molar-refractivity contribution in [1.82, 2.24) is 14.9 Å². The molecule has 2 heterocycles. The predicted molar refractivity (Wildman–Crippen MR) is 159 cm³/mol. The molecule has 0 aliphatic rings. The van der Waals surface area contributed by atoms with E-state index >= 15 is 0 Å². The fourth-order valence-electron chi connectivity index (χ4n) is 3.89. The third-order valence-corrected chi connectivity index (χ3v) is 6.19. The van der Waals surface area contributed by atoms with Gasteiger partial charge in [-0.1, -0.05) is 76.2 Å². The molecule has 36 heavy (non-hydrogen) atoms. The van der Waals surface area contributed by atoms with Gasteiger partial charge in [-0.05, 0) is 48.7 Å². The first-order valence-corrected chi connectivity index (χ1v) is 13.9. The van der Waals surface area contributed by atoms with Crippen molar-refractivity contribution >= 4 is 33.6 Å². The average Bonchev–Trinajstić information content (AvgIpc) is 2.91. The van der Waals surface area contributed by atoms with Crippen molar-refractivity contribution in [1.29, 1.82) is 0 Å². The molecule has 0 fully saturated rings. The van der Waals surface area contributed by atoms with Crippen LogP contribution in [-0.2, 0) is 30.2 Å². The second-order valence-electron chi connectivity index (χ2n) is 7.62. The summed E-state index contributed by atoms with van der Waals surface area (Å²) in [5.74, 6) is 1.13. The number of pyridine rings is 2. The van der Waals surface area contributed by atoms with Crippen molar-refractivity contribution in [2.45, 2.75) is 59.7 Å². The van der Waals surface area contributed by atoms with E-state index in [9.17, 15) is 0 Å². The fourth-order valence-corrected chi connectivity index (χ4v) is 4.39. The second-order valence-corrected chi connectivity index (χ2v) is 8.61. The minimum absolute atomic E-state index is 0. The van der Waals surface area contributed by atoms with Crippen molar-refractivity contribution in [2.24, 2.45) is 0 Å². The topological polar surface area (TPSA) is 29.0 Å². The van der Waals surface area contributed by atoms with E-state index < -0.39 is 0 Å². The molecule has 0 spiro atoms. The molecule has 0 aliphatic carbocycles. The Kier molecular flexibility index (Phi) is 18.2. The van der Waals surface area contributed by atoms with E-state index in [0.717, 1.165) is 54.1 Å². The zero-order valence-electron chi connectivity index (χ0n) is 22.8. The smallest absolute Gasteiger partial charge is 0.0705 e. The Labute approximate surface area is 235 Å². The molecule has 4 rings (SSSR count). The number of hydrogen-bond acceptors (Lipinski definition) is 4. The van der Waals surface area contributed by atoms with Gasteiger partial charge in [-0.15, -0.1) is 0 Å². The van der Waals surface area contributed by atoms with Crippen LogP contribution in [0, 0.1) is 14.4 Å². The number of para-hydroxylation sites is 2. The third-order valence-electron chi connectivity index (χ3n) is 5.55. The zero-order valence-corrected chi connectivity index (χ0v) is 24.6. The number of nitrogens with zero attached hydrogens (tertiary/aromatic N) is 3. The number of thioether (sulfide) groups is 1. The maximum absolute atomic E-state index is 4.92. The van der Waals surface area contributed by atoms with Crippen molar-refractivity contribution in [3.63, 3.8) is 0 Å². The fraction of sp³-hybridized carbons (Fsp3) is 0.355. The van der Waals surface area contributed by atoms with E-state index in [1.807, 2.05) is 51.6 Å². The van der Waals surface area contributed by atoms with Gasteiger partial charge in [0.1, 0.15) is 0 Å². The molecule has 1 atom stereocenters. The standard InChI is InChI=1S/C26H28N3S.2C2H6.CH3.Cu/c1-3-24(16-17-30-2)29(18-22-14-12-20-8-4-6-10-25(20)27-22)19-23-15-13-21-9-5-7-11-26(21)28-23;2*1-2;;/h4-15,24H,1,3,16-19H2,2H3;2*1-2H3;1H3;/q-1;;;-1;/t24-;;;;/m1..../s1. The molecule has 3 nitrogen and oxygen atoms in total. The molecule has 0 saturated carbocycles. The van der Waals surface area contributed by atoms with Crippen LogP contribution in [0.5, 0.6) is 0 Å². The quantitative estimate of drug-likeness (QED) is 0.153. The van der Waals surface area contributed by atoms with E-state index in [2.05, 4.69) is 78.7 Å². The largest absolute Gasteiger partial charge is 0.358 e. The maximum atomic E-state index is 4.92. The predicted octanol–water partition coefficient (Wildman–Crippen LogP) is 8.63. The van der Waals surface area contributed by atoms with Gasteiger partial charge in [0.2, 0.25) is 0 Å². The molecule has 2 aromatic heterocycles. The maximum Gasteiger partial charge on any atom is 0.0705 e. The molecule has 0 amide bonds. The first-order valence-electron chi connectivity index (χ1n) is 12.5. The summed E-state index contributed by atoms with van der Waals surface area (Å²) in [6.45, 7) is 13.9. The van der Waals surface area contributed by atoms with Crippen LogP contribution in [0.25, 0.3) is 21.8 Å². The Morgan fingerprint density at radius 2 is 1.19 bits per heavy atom. The van der Waals surface area contributed by atoms with Gasteiger partial charge >= 0.3 is 0 Å². The van der Waals surface area contributed by atoms with Crippen molar-refractivity contribution in [2.75, 3.05) is 12.0 Å². The molecular weight excluding hydrogens is 510 g/mol. The number of fused-ring (bicyclic) bond motifs is 2. The minimum atomic E-state index is 0. The van der Waals surface area contributed by atoms with Gasteiger partial charge in [-0.3, -0.25) is 14.9 Å². The van der Waals surface area contributed by atoms with E-state index in [1.165, 1.54) is 10.8 Å². The summed E-state index contributed by atoms with van der Waals surface area (Å²) < 4.78 is 0. The Hall–Kier alpha value is -1.91. The van der Waals surface area contributed by atoms with Gasteiger partial charge in [0, 0.05) is 40.9 Å². The van der Waals surface area contributed by atoms with Gasteiger partial charge in [0.15, 0.2) is 0 Å². The van der Waals surface area contributed by atoms with Crippen LogP contribution in [0.4, 0.5) is 0 Å². The normalized spacial score (nSPS) is 10.9. The SMILES string of the molecule is CC.CC.[CH2-]C[C@H](CCSC)N(Cc1ccc2ccccc2n1)Cc1ccc2ccccc2n1.[CH3-].[Cu]. The average molecular weight is 553 g/mol. The monoisotopic (exact) mass is 552 g/mol. The van der Waals surface area contributed by atoms with Gasteiger partial charge in [0.05, 0.1) is 22.4 Å². The summed E-state index contributed by atoms with van der Waals surface area (Å²) >= 11 is 1.89. The first kappa shape index (κ1) is 34.1. The van der Waals surface area contributed by atoms with Crippen molar-refractivity contribution < 1.29 is 17.1 Å². The van der Waals surface area contributed by atoms with Gasteiger partial charge in [0.25, 0.3) is 0 Å². The number of benzene rings is 2. The molecule has 201 valence electrons. The first-order chi connectivity index (χ1) is 16.8. The van der Waals surface area contributed by atoms with Crippen molar-refractivity contribution in [3.05, 3.63) is 98.5 Å². The Morgan fingerprint density at radius 3 is 1.61 bits per heavy atom. The van der Waals surface area contributed by atoms with Gasteiger partial charge in [-0.25, -0.2) is 0 Å². The number of aromatic nitrogens is 2. The molecule has 0 aliphatic heterocycles. The van der Waals surface area contributed by atoms with E-state index in [4.69, 9.17) is 9.97 Å². The molecule has 0 unspecified atom stereocenters. The minimum Gasteiger partial charge on any atom is -0.358 e. The van der Waals surface area contributed by atoms with Crippen LogP contribution in [0.3, 0.4) is 0 Å². The molecule has 1 radical (unpaired) electrons. The summed E-state index contributed by atoms with van der Waals surface area (Å²) in [5, 5.41) is 2.36. The molecular formula is C31H43CuN3S-2. The molecule has 5 heteroatoms. The number of rotatable bonds is 9. The Morgan fingerprint density at radius 1 is 0.750 bits per heavy atom. The third kappa shape index (κ3) is 9.86. The summed E-state index contributed by atoms with van der Waals surface area (Å²) in [7, 11) is 0. The van der Waals surface area contributed by atoms with Gasteiger partial charge in [-0.2, -0.15) is 18.2 Å². The van der Waals surface area contributed by atoms with Crippen LogP contribution < -0.4 is 0 Å². The van der Waals surface area contributed by atoms with Gasteiger partial charge < -0.3 is 14.4 Å². The Bertz CT molecular complexity index is 1040. The van der Waals surface area contributed by atoms with Crippen LogP contribution >= 0.6 is 11.8 Å². The summed E-state index contributed by atoms with van der Waals surface area (Å²) in [5.41, 5.74) is 4.29. The van der Waals surface area contributed by atoms with E-state index in [-0.39, 0.29) is 24.5 Å². The van der Waals surface area contributed by atoms with Crippen LogP contribution in [-0.4, -0.2) is 32.9 Å². The van der Waals surface area contributed by atoms with Crippen LogP contribution in [0.1, 0.15) is 51.9 Å². The number of hydrogen-bond donors (Lipinski definition) is 0. The zero-order chi connectivity index (χ0) is 24.8. The molecule has 0 N–H and O–H groups in total.